The third kappa shape index (κ3) is 3.31. The molecule has 2 aliphatic rings. The number of hydrogen-bond acceptors (Lipinski definition) is 3. The standard InChI is InChI=1S/C18H23N3O/c19-10-6-17(22)21-13-9-18(15-21)7-11-20(12-8-18)14-16-4-2-1-3-5-16/h1-5H,6-9,11-15H2. The van der Waals surface area contributed by atoms with Crippen molar-refractivity contribution in [3.8, 4) is 6.07 Å². The van der Waals surface area contributed by atoms with E-state index in [4.69, 9.17) is 5.26 Å². The summed E-state index contributed by atoms with van der Waals surface area (Å²) in [6.07, 6.45) is 3.45. The van der Waals surface area contributed by atoms with Crippen molar-refractivity contribution >= 4 is 5.91 Å². The molecule has 22 heavy (non-hydrogen) atoms. The summed E-state index contributed by atoms with van der Waals surface area (Å²) in [6, 6.07) is 12.6. The molecule has 0 radical (unpaired) electrons. The van der Waals surface area contributed by atoms with Gasteiger partial charge in [-0.05, 0) is 43.3 Å². The molecule has 1 aromatic rings. The van der Waals surface area contributed by atoms with E-state index in [1.54, 1.807) is 0 Å². The highest BCUT2D eigenvalue weighted by molar-refractivity contribution is 5.78. The van der Waals surface area contributed by atoms with Gasteiger partial charge in [0.2, 0.25) is 5.91 Å². The molecular formula is C18H23N3O. The molecule has 4 heteroatoms. The zero-order valence-corrected chi connectivity index (χ0v) is 13.0. The smallest absolute Gasteiger partial charge is 0.236 e. The summed E-state index contributed by atoms with van der Waals surface area (Å²) >= 11 is 0. The fraction of sp³-hybridized carbons (Fsp3) is 0.556. The van der Waals surface area contributed by atoms with Crippen LogP contribution in [0.1, 0.15) is 31.2 Å². The van der Waals surface area contributed by atoms with E-state index in [0.717, 1.165) is 52.0 Å². The van der Waals surface area contributed by atoms with Gasteiger partial charge in [-0.15, -0.1) is 0 Å². The Kier molecular flexibility index (Phi) is 4.44. The van der Waals surface area contributed by atoms with Crippen LogP contribution in [-0.4, -0.2) is 41.9 Å². The van der Waals surface area contributed by atoms with Crippen LogP contribution in [0.2, 0.25) is 0 Å². The second kappa shape index (κ2) is 6.50. The molecule has 2 saturated heterocycles. The van der Waals surface area contributed by atoms with Crippen molar-refractivity contribution in [1.29, 1.82) is 5.26 Å². The molecule has 2 aliphatic heterocycles. The molecule has 0 N–H and O–H groups in total. The van der Waals surface area contributed by atoms with Crippen LogP contribution in [0.25, 0.3) is 0 Å². The highest BCUT2D eigenvalue weighted by atomic mass is 16.2. The quantitative estimate of drug-likeness (QED) is 0.861. The fourth-order valence-corrected chi connectivity index (χ4v) is 3.76. The molecule has 2 heterocycles. The molecule has 116 valence electrons. The minimum atomic E-state index is 0.00564. The Labute approximate surface area is 132 Å². The maximum absolute atomic E-state index is 11.9. The molecule has 0 atom stereocenters. The normalized spacial score (nSPS) is 21.0. The van der Waals surface area contributed by atoms with Crippen molar-refractivity contribution in [3.05, 3.63) is 35.9 Å². The molecule has 4 nitrogen and oxygen atoms in total. The number of carbonyl (C=O) groups excluding carboxylic acids is 1. The first-order chi connectivity index (χ1) is 10.7. The van der Waals surface area contributed by atoms with Gasteiger partial charge >= 0.3 is 0 Å². The average molecular weight is 297 g/mol. The van der Waals surface area contributed by atoms with E-state index < -0.39 is 0 Å². The Morgan fingerprint density at radius 3 is 2.50 bits per heavy atom. The van der Waals surface area contributed by atoms with Crippen molar-refractivity contribution in [3.63, 3.8) is 0 Å². The van der Waals surface area contributed by atoms with E-state index >= 15 is 0 Å². The Hall–Kier alpha value is -1.86. The van der Waals surface area contributed by atoms with E-state index in [1.165, 1.54) is 5.56 Å². The second-order valence-corrected chi connectivity index (χ2v) is 6.66. The van der Waals surface area contributed by atoms with Crippen LogP contribution < -0.4 is 0 Å². The van der Waals surface area contributed by atoms with Crippen molar-refractivity contribution in [1.82, 2.24) is 9.80 Å². The summed E-state index contributed by atoms with van der Waals surface area (Å²) < 4.78 is 0. The molecule has 0 aromatic heterocycles. The number of nitriles is 1. The lowest BCUT2D eigenvalue weighted by atomic mass is 9.77. The molecular weight excluding hydrogens is 274 g/mol. The zero-order chi connectivity index (χ0) is 15.4. The topological polar surface area (TPSA) is 47.3 Å². The number of rotatable bonds is 3. The lowest BCUT2D eigenvalue weighted by Crippen LogP contribution is -2.41. The van der Waals surface area contributed by atoms with Gasteiger partial charge in [0.1, 0.15) is 6.42 Å². The number of carbonyl (C=O) groups is 1. The lowest BCUT2D eigenvalue weighted by Gasteiger charge is -2.39. The van der Waals surface area contributed by atoms with Crippen molar-refractivity contribution < 1.29 is 4.79 Å². The van der Waals surface area contributed by atoms with Crippen LogP contribution in [-0.2, 0) is 11.3 Å². The minimum absolute atomic E-state index is 0.00564. The lowest BCUT2D eigenvalue weighted by molar-refractivity contribution is -0.129. The number of piperidine rings is 1. The maximum atomic E-state index is 11.9. The van der Waals surface area contributed by atoms with Gasteiger partial charge in [0, 0.05) is 19.6 Å². The molecule has 1 aromatic carbocycles. The van der Waals surface area contributed by atoms with Crippen molar-refractivity contribution in [2.24, 2.45) is 5.41 Å². The predicted molar refractivity (Wildman–Crippen MR) is 84.8 cm³/mol. The van der Waals surface area contributed by atoms with Crippen molar-refractivity contribution in [2.75, 3.05) is 26.2 Å². The van der Waals surface area contributed by atoms with Gasteiger partial charge in [0.05, 0.1) is 6.07 Å². The summed E-state index contributed by atoms with van der Waals surface area (Å²) in [4.78, 5) is 16.3. The van der Waals surface area contributed by atoms with Crippen LogP contribution in [0.4, 0.5) is 0 Å². The second-order valence-electron chi connectivity index (χ2n) is 6.66. The molecule has 2 fully saturated rings. The molecule has 3 rings (SSSR count). The number of nitrogens with zero attached hydrogens (tertiary/aromatic N) is 3. The first kappa shape index (κ1) is 15.1. The van der Waals surface area contributed by atoms with E-state index in [0.29, 0.717) is 5.41 Å². The van der Waals surface area contributed by atoms with Gasteiger partial charge in [0.15, 0.2) is 0 Å². The highest BCUT2D eigenvalue weighted by Crippen LogP contribution is 2.40. The van der Waals surface area contributed by atoms with Gasteiger partial charge < -0.3 is 4.90 Å². The third-order valence-corrected chi connectivity index (χ3v) is 5.19. The van der Waals surface area contributed by atoms with E-state index in [9.17, 15) is 4.79 Å². The summed E-state index contributed by atoms with van der Waals surface area (Å²) in [5.41, 5.74) is 1.67. The summed E-state index contributed by atoms with van der Waals surface area (Å²) in [5.74, 6) is 0.00564. The summed E-state index contributed by atoms with van der Waals surface area (Å²) in [7, 11) is 0. The van der Waals surface area contributed by atoms with Crippen LogP contribution in [0.5, 0.6) is 0 Å². The van der Waals surface area contributed by atoms with E-state index in [1.807, 2.05) is 11.0 Å². The third-order valence-electron chi connectivity index (χ3n) is 5.19. The van der Waals surface area contributed by atoms with Crippen LogP contribution in [0.15, 0.2) is 30.3 Å². The number of benzene rings is 1. The average Bonchev–Trinajstić information content (AvgIpc) is 2.95. The van der Waals surface area contributed by atoms with Gasteiger partial charge in [0.25, 0.3) is 0 Å². The number of amides is 1. The maximum Gasteiger partial charge on any atom is 0.236 e. The first-order valence-electron chi connectivity index (χ1n) is 8.12. The Morgan fingerprint density at radius 2 is 1.82 bits per heavy atom. The molecule has 0 saturated carbocycles. The number of likely N-dealkylation sites (tertiary alicyclic amines) is 2. The van der Waals surface area contributed by atoms with Crippen LogP contribution in [0, 0.1) is 16.7 Å². The zero-order valence-electron chi connectivity index (χ0n) is 13.0. The van der Waals surface area contributed by atoms with Gasteiger partial charge in [-0.25, -0.2) is 0 Å². The Morgan fingerprint density at radius 1 is 1.14 bits per heavy atom. The fourth-order valence-electron chi connectivity index (χ4n) is 3.76. The molecule has 0 aliphatic carbocycles. The molecule has 1 spiro atoms. The molecule has 1 amide bonds. The van der Waals surface area contributed by atoms with E-state index in [2.05, 4.69) is 35.2 Å². The van der Waals surface area contributed by atoms with Crippen LogP contribution >= 0.6 is 0 Å². The molecule has 0 unspecified atom stereocenters. The minimum Gasteiger partial charge on any atom is -0.341 e. The van der Waals surface area contributed by atoms with Gasteiger partial charge in [-0.1, -0.05) is 30.3 Å². The Bertz CT molecular complexity index is 555. The largest absolute Gasteiger partial charge is 0.341 e. The highest BCUT2D eigenvalue weighted by Gasteiger charge is 2.41. The van der Waals surface area contributed by atoms with Gasteiger partial charge in [-0.2, -0.15) is 5.26 Å². The Balaban J connectivity index is 1.52. The predicted octanol–water partition coefficient (Wildman–Crippen LogP) is 2.41. The number of hydrogen-bond donors (Lipinski definition) is 0. The van der Waals surface area contributed by atoms with Gasteiger partial charge in [-0.3, -0.25) is 9.69 Å². The van der Waals surface area contributed by atoms with Crippen LogP contribution in [0.3, 0.4) is 0 Å². The monoisotopic (exact) mass is 297 g/mol. The first-order valence-corrected chi connectivity index (χ1v) is 8.12. The molecule has 0 bridgehead atoms. The van der Waals surface area contributed by atoms with Crippen molar-refractivity contribution in [2.45, 2.75) is 32.2 Å². The SMILES string of the molecule is N#CCC(=O)N1CCC2(CCN(Cc3ccccc3)CC2)C1. The summed E-state index contributed by atoms with van der Waals surface area (Å²) in [6.45, 7) is 4.92. The summed E-state index contributed by atoms with van der Waals surface area (Å²) in [5, 5.41) is 8.67. The van der Waals surface area contributed by atoms with E-state index in [-0.39, 0.29) is 12.3 Å².